The maximum atomic E-state index is 11.7. The van der Waals surface area contributed by atoms with Crippen LogP contribution in [0.15, 0.2) is 39.5 Å². The molecule has 1 N–H and O–H groups in total. The minimum absolute atomic E-state index is 0.0679. The van der Waals surface area contributed by atoms with Crippen LogP contribution in [-0.2, 0) is 14.8 Å². The highest BCUT2D eigenvalue weighted by Crippen LogP contribution is 2.16. The zero-order chi connectivity index (χ0) is 14.5. The van der Waals surface area contributed by atoms with Gasteiger partial charge in [-0.05, 0) is 24.3 Å². The first-order valence-corrected chi connectivity index (χ1v) is 6.63. The normalized spacial score (nSPS) is 11.3. The Morgan fingerprint density at radius 3 is 2.32 bits per heavy atom. The van der Waals surface area contributed by atoms with Gasteiger partial charge in [0.1, 0.15) is 0 Å². The van der Waals surface area contributed by atoms with Gasteiger partial charge in [0, 0.05) is 14.1 Å². The van der Waals surface area contributed by atoms with Gasteiger partial charge in [0.2, 0.25) is 0 Å². The van der Waals surface area contributed by atoms with E-state index in [0.29, 0.717) is 5.69 Å². The number of benzene rings is 1. The Hall–Kier alpha value is -2.16. The van der Waals surface area contributed by atoms with Gasteiger partial charge >= 0.3 is 6.09 Å². The number of ether oxygens (including phenoxy) is 1. The van der Waals surface area contributed by atoms with E-state index in [4.69, 9.17) is 0 Å². The van der Waals surface area contributed by atoms with Crippen LogP contribution in [-0.4, -0.2) is 40.7 Å². The maximum Gasteiger partial charge on any atom is 0.420 e. The lowest BCUT2D eigenvalue weighted by molar-refractivity contribution is 0.177. The standard InChI is InChI=1S/C10H14N4O4S/c1-14(2)13-11-8-4-6-9(7-5-8)19(16,17)12-10(15)18-3/h4-7H,1-3H3,(H,12,15). The van der Waals surface area contributed by atoms with Crippen molar-refractivity contribution in [3.63, 3.8) is 0 Å². The van der Waals surface area contributed by atoms with Crippen molar-refractivity contribution in [1.82, 2.24) is 9.73 Å². The third-order valence-electron chi connectivity index (χ3n) is 1.89. The maximum absolute atomic E-state index is 11.7. The van der Waals surface area contributed by atoms with Gasteiger partial charge in [0.15, 0.2) is 0 Å². The SMILES string of the molecule is COC(=O)NS(=O)(=O)c1ccc(N=NN(C)C)cc1. The highest BCUT2D eigenvalue weighted by atomic mass is 32.2. The van der Waals surface area contributed by atoms with Crippen molar-refractivity contribution in [1.29, 1.82) is 0 Å². The molecule has 0 aromatic heterocycles. The largest absolute Gasteiger partial charge is 0.452 e. The lowest BCUT2D eigenvalue weighted by Crippen LogP contribution is -2.30. The van der Waals surface area contributed by atoms with E-state index in [0.717, 1.165) is 7.11 Å². The highest BCUT2D eigenvalue weighted by molar-refractivity contribution is 7.90. The summed E-state index contributed by atoms with van der Waals surface area (Å²) in [7, 11) is 0.574. The second kappa shape index (κ2) is 6.14. The molecule has 19 heavy (non-hydrogen) atoms. The molecule has 0 aliphatic heterocycles. The predicted molar refractivity (Wildman–Crippen MR) is 67.4 cm³/mol. The minimum atomic E-state index is -3.93. The summed E-state index contributed by atoms with van der Waals surface area (Å²) in [6.07, 6.45) is -1.05. The number of amides is 1. The Kier molecular flexibility index (Phi) is 4.81. The number of carbonyl (C=O) groups excluding carboxylic acids is 1. The number of hydrogen-bond acceptors (Lipinski definition) is 6. The summed E-state index contributed by atoms with van der Waals surface area (Å²) in [5.74, 6) is 0. The molecule has 0 radical (unpaired) electrons. The van der Waals surface area contributed by atoms with Gasteiger partial charge in [-0.15, -0.1) is 5.11 Å². The summed E-state index contributed by atoms with van der Waals surface area (Å²) in [5, 5.41) is 9.12. The van der Waals surface area contributed by atoms with Crippen LogP contribution < -0.4 is 4.72 Å². The molecule has 8 nitrogen and oxygen atoms in total. The van der Waals surface area contributed by atoms with Crippen molar-refractivity contribution in [2.75, 3.05) is 21.2 Å². The highest BCUT2D eigenvalue weighted by Gasteiger charge is 2.17. The fraction of sp³-hybridized carbons (Fsp3) is 0.300. The van der Waals surface area contributed by atoms with Gasteiger partial charge < -0.3 is 4.74 Å². The molecule has 1 aromatic rings. The summed E-state index contributed by atoms with van der Waals surface area (Å²) < 4.78 is 29.4. The van der Waals surface area contributed by atoms with E-state index in [2.05, 4.69) is 15.1 Å². The average Bonchev–Trinajstić information content (AvgIpc) is 2.36. The first-order valence-electron chi connectivity index (χ1n) is 5.15. The molecule has 0 atom stereocenters. The molecular formula is C10H14N4O4S. The molecule has 0 fully saturated rings. The van der Waals surface area contributed by atoms with E-state index in [-0.39, 0.29) is 4.90 Å². The molecule has 0 spiro atoms. The van der Waals surface area contributed by atoms with E-state index in [1.54, 1.807) is 18.8 Å². The number of nitrogens with zero attached hydrogens (tertiary/aromatic N) is 3. The van der Waals surface area contributed by atoms with Gasteiger partial charge in [-0.3, -0.25) is 5.01 Å². The summed E-state index contributed by atoms with van der Waals surface area (Å²) in [6, 6.07) is 5.57. The van der Waals surface area contributed by atoms with Crippen molar-refractivity contribution < 1.29 is 17.9 Å². The van der Waals surface area contributed by atoms with Crippen LogP contribution in [0, 0.1) is 0 Å². The zero-order valence-corrected chi connectivity index (χ0v) is 11.5. The van der Waals surface area contributed by atoms with E-state index in [9.17, 15) is 13.2 Å². The van der Waals surface area contributed by atoms with Gasteiger partial charge in [0.05, 0.1) is 17.7 Å². The molecule has 0 heterocycles. The number of methoxy groups -OCH3 is 1. The fourth-order valence-electron chi connectivity index (χ4n) is 1.04. The second-order valence-corrected chi connectivity index (χ2v) is 5.31. The smallest absolute Gasteiger partial charge is 0.420 e. The molecular weight excluding hydrogens is 272 g/mol. The van der Waals surface area contributed by atoms with Gasteiger partial charge in [0.25, 0.3) is 10.0 Å². The van der Waals surface area contributed by atoms with Crippen molar-refractivity contribution in [3.05, 3.63) is 24.3 Å². The van der Waals surface area contributed by atoms with Crippen LogP contribution in [0.5, 0.6) is 0 Å². The Labute approximate surface area is 111 Å². The third-order valence-corrected chi connectivity index (χ3v) is 3.22. The van der Waals surface area contributed by atoms with E-state index < -0.39 is 16.1 Å². The van der Waals surface area contributed by atoms with Crippen LogP contribution in [0.4, 0.5) is 10.5 Å². The molecule has 0 bridgehead atoms. The van der Waals surface area contributed by atoms with E-state index in [1.165, 1.54) is 29.3 Å². The lowest BCUT2D eigenvalue weighted by Gasteiger charge is -2.05. The van der Waals surface area contributed by atoms with Crippen LogP contribution in [0.2, 0.25) is 0 Å². The Morgan fingerprint density at radius 2 is 1.84 bits per heavy atom. The van der Waals surface area contributed by atoms with Crippen molar-refractivity contribution in [2.24, 2.45) is 10.3 Å². The summed E-state index contributed by atoms with van der Waals surface area (Å²) in [6.45, 7) is 0. The molecule has 9 heteroatoms. The quantitative estimate of drug-likeness (QED) is 0.664. The molecule has 1 rings (SSSR count). The van der Waals surface area contributed by atoms with Gasteiger partial charge in [-0.2, -0.15) is 0 Å². The fourth-order valence-corrected chi connectivity index (χ4v) is 1.96. The molecule has 1 aromatic carbocycles. The zero-order valence-electron chi connectivity index (χ0n) is 10.7. The van der Waals surface area contributed by atoms with Crippen molar-refractivity contribution in [2.45, 2.75) is 4.90 Å². The van der Waals surface area contributed by atoms with Crippen molar-refractivity contribution >= 4 is 21.8 Å². The number of carbonyl (C=O) groups is 1. The Morgan fingerprint density at radius 1 is 1.26 bits per heavy atom. The summed E-state index contributed by atoms with van der Waals surface area (Å²) >= 11 is 0. The molecule has 1 amide bonds. The topological polar surface area (TPSA) is 100 Å². The first kappa shape index (κ1) is 14.9. The number of hydrogen-bond donors (Lipinski definition) is 1. The molecule has 0 aliphatic carbocycles. The molecule has 0 saturated carbocycles. The molecule has 0 unspecified atom stereocenters. The molecule has 0 saturated heterocycles. The number of sulfonamides is 1. The second-order valence-electron chi connectivity index (χ2n) is 3.63. The predicted octanol–water partition coefficient (Wildman–Crippen LogP) is 1.29. The third kappa shape index (κ3) is 4.54. The number of nitrogens with one attached hydrogen (secondary N) is 1. The van der Waals surface area contributed by atoms with Crippen LogP contribution >= 0.6 is 0 Å². The van der Waals surface area contributed by atoms with Crippen LogP contribution in [0.1, 0.15) is 0 Å². The molecule has 104 valence electrons. The lowest BCUT2D eigenvalue weighted by atomic mass is 10.3. The minimum Gasteiger partial charge on any atom is -0.452 e. The van der Waals surface area contributed by atoms with Crippen LogP contribution in [0.25, 0.3) is 0 Å². The Bertz CT molecular complexity index is 566. The van der Waals surface area contributed by atoms with Gasteiger partial charge in [-0.1, -0.05) is 5.22 Å². The van der Waals surface area contributed by atoms with Gasteiger partial charge in [-0.25, -0.2) is 17.9 Å². The van der Waals surface area contributed by atoms with Crippen molar-refractivity contribution in [3.8, 4) is 0 Å². The average molecular weight is 286 g/mol. The monoisotopic (exact) mass is 286 g/mol. The summed E-state index contributed by atoms with van der Waals surface area (Å²) in [5.41, 5.74) is 0.491. The summed E-state index contributed by atoms with van der Waals surface area (Å²) in [4.78, 5) is 10.8. The first-order chi connectivity index (χ1) is 8.85. The van der Waals surface area contributed by atoms with E-state index in [1.807, 2.05) is 0 Å². The molecule has 0 aliphatic rings. The Balaban J connectivity index is 2.89. The number of rotatable bonds is 4. The van der Waals surface area contributed by atoms with Crippen LogP contribution in [0.3, 0.4) is 0 Å². The van der Waals surface area contributed by atoms with E-state index >= 15 is 0 Å².